The van der Waals surface area contributed by atoms with E-state index in [0.717, 1.165) is 35.5 Å². The van der Waals surface area contributed by atoms with Gasteiger partial charge in [-0.05, 0) is 48.3 Å². The fraction of sp³-hybridized carbons (Fsp3) is 1.00. The maximum absolute atomic E-state index is 2.48. The predicted molar refractivity (Wildman–Crippen MR) is 52.9 cm³/mol. The average molecular weight is 166 g/mol. The Balaban J connectivity index is 1.96. The van der Waals surface area contributed by atoms with Crippen molar-refractivity contribution in [3.63, 3.8) is 0 Å². The van der Waals surface area contributed by atoms with Crippen LogP contribution < -0.4 is 0 Å². The van der Waals surface area contributed by atoms with E-state index in [0.29, 0.717) is 0 Å². The zero-order chi connectivity index (χ0) is 8.88. The first-order valence-electron chi connectivity index (χ1n) is 5.63. The maximum atomic E-state index is 2.48. The lowest BCUT2D eigenvalue weighted by Crippen LogP contribution is -2.47. The minimum Gasteiger partial charge on any atom is -0.0625 e. The van der Waals surface area contributed by atoms with E-state index in [1.54, 1.807) is 0 Å². The van der Waals surface area contributed by atoms with Crippen LogP contribution in [0.1, 0.15) is 40.5 Å². The van der Waals surface area contributed by atoms with Gasteiger partial charge in [0.05, 0.1) is 0 Å². The Morgan fingerprint density at radius 1 is 1.00 bits per heavy atom. The largest absolute Gasteiger partial charge is 0.0625 e. The van der Waals surface area contributed by atoms with Crippen molar-refractivity contribution in [2.75, 3.05) is 0 Å². The third-order valence-corrected chi connectivity index (χ3v) is 4.36. The lowest BCUT2D eigenvalue weighted by Gasteiger charge is -2.52. The summed E-state index contributed by atoms with van der Waals surface area (Å²) in [4.78, 5) is 0. The van der Waals surface area contributed by atoms with Gasteiger partial charge in [-0.1, -0.05) is 27.7 Å². The van der Waals surface area contributed by atoms with Crippen LogP contribution in [0.3, 0.4) is 0 Å². The smallest absolute Gasteiger partial charge is 0.0329 e. The molecule has 0 N–H and O–H groups in total. The summed E-state index contributed by atoms with van der Waals surface area (Å²) in [6.07, 6.45) is 3.06. The molecule has 2 unspecified atom stereocenters. The lowest BCUT2D eigenvalue weighted by molar-refractivity contribution is -0.0423. The van der Waals surface area contributed by atoms with Crippen molar-refractivity contribution >= 4 is 0 Å². The molecule has 0 saturated heterocycles. The summed E-state index contributed by atoms with van der Waals surface area (Å²) < 4.78 is 0. The number of hydrogen-bond acceptors (Lipinski definition) is 0. The fourth-order valence-electron chi connectivity index (χ4n) is 3.88. The molecule has 2 aliphatic carbocycles. The van der Waals surface area contributed by atoms with Gasteiger partial charge in [-0.2, -0.15) is 0 Å². The van der Waals surface area contributed by atoms with Gasteiger partial charge in [0.15, 0.2) is 0 Å². The molecule has 0 aromatic heterocycles. The molecular weight excluding hydrogens is 144 g/mol. The standard InChI is InChI=1S/C12H22/c1-7(2)11-8(3)12(9(11)4)10-5-6-10/h7-12H,5-6H2,1-4H3. The molecule has 0 spiro atoms. The van der Waals surface area contributed by atoms with Gasteiger partial charge in [0.25, 0.3) is 0 Å². The Morgan fingerprint density at radius 3 is 1.83 bits per heavy atom. The molecule has 0 heteroatoms. The van der Waals surface area contributed by atoms with Gasteiger partial charge >= 0.3 is 0 Å². The molecule has 12 heavy (non-hydrogen) atoms. The van der Waals surface area contributed by atoms with Crippen molar-refractivity contribution in [1.82, 2.24) is 0 Å². The van der Waals surface area contributed by atoms with Crippen LogP contribution >= 0.6 is 0 Å². The van der Waals surface area contributed by atoms with Crippen LogP contribution in [0.25, 0.3) is 0 Å². The summed E-state index contributed by atoms with van der Waals surface area (Å²) in [5.74, 6) is 6.20. The molecule has 0 aliphatic heterocycles. The summed E-state index contributed by atoms with van der Waals surface area (Å²) in [6, 6.07) is 0. The minimum atomic E-state index is 0.907. The van der Waals surface area contributed by atoms with Crippen molar-refractivity contribution in [2.45, 2.75) is 40.5 Å². The van der Waals surface area contributed by atoms with Crippen LogP contribution in [0.15, 0.2) is 0 Å². The summed E-state index contributed by atoms with van der Waals surface area (Å²) in [7, 11) is 0. The fourth-order valence-corrected chi connectivity index (χ4v) is 3.88. The van der Waals surface area contributed by atoms with E-state index in [9.17, 15) is 0 Å². The Hall–Kier alpha value is 0. The van der Waals surface area contributed by atoms with Crippen LogP contribution in [0.5, 0.6) is 0 Å². The van der Waals surface area contributed by atoms with E-state index in [1.807, 2.05) is 0 Å². The first-order chi connectivity index (χ1) is 5.63. The Morgan fingerprint density at radius 2 is 1.50 bits per heavy atom. The number of hydrogen-bond donors (Lipinski definition) is 0. The van der Waals surface area contributed by atoms with Gasteiger partial charge in [-0.25, -0.2) is 0 Å². The highest BCUT2D eigenvalue weighted by Crippen LogP contribution is 2.58. The first kappa shape index (κ1) is 8.59. The van der Waals surface area contributed by atoms with Gasteiger partial charge in [0.2, 0.25) is 0 Å². The van der Waals surface area contributed by atoms with E-state index in [-0.39, 0.29) is 0 Å². The molecule has 2 fully saturated rings. The van der Waals surface area contributed by atoms with Crippen LogP contribution in [-0.4, -0.2) is 0 Å². The maximum Gasteiger partial charge on any atom is -0.0329 e. The molecule has 70 valence electrons. The summed E-state index contributed by atoms with van der Waals surface area (Å²) in [5.41, 5.74) is 0. The molecule has 2 atom stereocenters. The molecular formula is C12H22. The molecule has 2 saturated carbocycles. The highest BCUT2D eigenvalue weighted by atomic mass is 14.6. The normalized spacial score (nSPS) is 47.8. The second kappa shape index (κ2) is 2.75. The molecule has 0 aromatic rings. The molecule has 2 aliphatic rings. The Bertz CT molecular complexity index is 147. The third-order valence-electron chi connectivity index (χ3n) is 4.36. The molecule has 0 aromatic carbocycles. The predicted octanol–water partition coefficient (Wildman–Crippen LogP) is 3.57. The van der Waals surface area contributed by atoms with E-state index in [2.05, 4.69) is 27.7 Å². The third kappa shape index (κ3) is 1.11. The first-order valence-corrected chi connectivity index (χ1v) is 5.63. The van der Waals surface area contributed by atoms with Crippen LogP contribution in [0, 0.1) is 35.5 Å². The quantitative estimate of drug-likeness (QED) is 0.588. The van der Waals surface area contributed by atoms with Crippen molar-refractivity contribution in [3.05, 3.63) is 0 Å². The van der Waals surface area contributed by atoms with Crippen LogP contribution in [-0.2, 0) is 0 Å². The SMILES string of the molecule is CC(C)C1C(C)C(C2CC2)C1C. The monoisotopic (exact) mass is 166 g/mol. The summed E-state index contributed by atoms with van der Waals surface area (Å²) in [6.45, 7) is 9.74. The highest BCUT2D eigenvalue weighted by Gasteiger charge is 2.51. The highest BCUT2D eigenvalue weighted by molar-refractivity contribution is 5.00. The van der Waals surface area contributed by atoms with E-state index in [4.69, 9.17) is 0 Å². The molecule has 0 nitrogen and oxygen atoms in total. The summed E-state index contributed by atoms with van der Waals surface area (Å²) >= 11 is 0. The molecule has 0 bridgehead atoms. The molecule has 2 rings (SSSR count). The van der Waals surface area contributed by atoms with Crippen molar-refractivity contribution in [1.29, 1.82) is 0 Å². The van der Waals surface area contributed by atoms with Crippen molar-refractivity contribution in [2.24, 2.45) is 35.5 Å². The van der Waals surface area contributed by atoms with E-state index < -0.39 is 0 Å². The number of rotatable bonds is 2. The van der Waals surface area contributed by atoms with E-state index in [1.165, 1.54) is 12.8 Å². The van der Waals surface area contributed by atoms with E-state index >= 15 is 0 Å². The van der Waals surface area contributed by atoms with Gasteiger partial charge < -0.3 is 0 Å². The second-order valence-corrected chi connectivity index (χ2v) is 5.45. The van der Waals surface area contributed by atoms with Gasteiger partial charge in [0, 0.05) is 0 Å². The van der Waals surface area contributed by atoms with Crippen LogP contribution in [0.4, 0.5) is 0 Å². The molecule has 0 amide bonds. The van der Waals surface area contributed by atoms with Crippen molar-refractivity contribution < 1.29 is 0 Å². The molecule has 0 radical (unpaired) electrons. The van der Waals surface area contributed by atoms with Crippen LogP contribution in [0.2, 0.25) is 0 Å². The topological polar surface area (TPSA) is 0 Å². The molecule has 0 heterocycles. The second-order valence-electron chi connectivity index (χ2n) is 5.45. The average Bonchev–Trinajstić information content (AvgIpc) is 2.70. The zero-order valence-corrected chi connectivity index (χ0v) is 8.88. The van der Waals surface area contributed by atoms with Gasteiger partial charge in [-0.15, -0.1) is 0 Å². The lowest BCUT2D eigenvalue weighted by atomic mass is 9.53. The van der Waals surface area contributed by atoms with Crippen molar-refractivity contribution in [3.8, 4) is 0 Å². The minimum absolute atomic E-state index is 0.907. The Kier molecular flexibility index (Phi) is 1.97. The van der Waals surface area contributed by atoms with Gasteiger partial charge in [0.1, 0.15) is 0 Å². The van der Waals surface area contributed by atoms with Gasteiger partial charge in [-0.3, -0.25) is 0 Å². The zero-order valence-electron chi connectivity index (χ0n) is 8.88. The summed E-state index contributed by atoms with van der Waals surface area (Å²) in [5, 5.41) is 0. The Labute approximate surface area is 76.7 Å².